The van der Waals surface area contributed by atoms with Gasteiger partial charge in [-0.1, -0.05) is 36.4 Å². The molecule has 0 aliphatic rings. The summed E-state index contributed by atoms with van der Waals surface area (Å²) in [6, 6.07) is 15.4. The van der Waals surface area contributed by atoms with E-state index in [0.29, 0.717) is 6.04 Å². The van der Waals surface area contributed by atoms with Crippen LogP contribution >= 0.6 is 0 Å². The minimum atomic E-state index is 0.324. The Morgan fingerprint density at radius 2 is 1.56 bits per heavy atom. The van der Waals surface area contributed by atoms with E-state index in [1.54, 1.807) is 0 Å². The largest absolute Gasteiger partial charge is 0.378 e. The van der Waals surface area contributed by atoms with Gasteiger partial charge in [-0.2, -0.15) is 0 Å². The van der Waals surface area contributed by atoms with E-state index in [1.165, 1.54) is 27.9 Å². The quantitative estimate of drug-likeness (QED) is 0.812. The minimum Gasteiger partial charge on any atom is -0.378 e. The van der Waals surface area contributed by atoms with E-state index in [-0.39, 0.29) is 0 Å². The van der Waals surface area contributed by atoms with E-state index in [0.717, 1.165) is 0 Å². The summed E-state index contributed by atoms with van der Waals surface area (Å²) < 4.78 is 0. The third-order valence-electron chi connectivity index (χ3n) is 3.55. The van der Waals surface area contributed by atoms with E-state index in [9.17, 15) is 0 Å². The van der Waals surface area contributed by atoms with Crippen LogP contribution < -0.4 is 5.32 Å². The summed E-state index contributed by atoms with van der Waals surface area (Å²) in [5.74, 6) is 0. The summed E-state index contributed by atoms with van der Waals surface area (Å²) in [6.45, 7) is 8.66. The van der Waals surface area contributed by atoms with Crippen molar-refractivity contribution in [2.24, 2.45) is 0 Å². The van der Waals surface area contributed by atoms with Crippen LogP contribution in [-0.2, 0) is 0 Å². The number of anilines is 1. The van der Waals surface area contributed by atoms with Gasteiger partial charge in [-0.05, 0) is 56.0 Å². The first-order chi connectivity index (χ1) is 8.58. The van der Waals surface area contributed by atoms with Crippen molar-refractivity contribution in [3.8, 4) is 0 Å². The molecule has 0 radical (unpaired) electrons. The van der Waals surface area contributed by atoms with Crippen molar-refractivity contribution >= 4 is 5.69 Å². The number of aryl methyl sites for hydroxylation is 3. The molecule has 0 fully saturated rings. The molecule has 2 aromatic carbocycles. The smallest absolute Gasteiger partial charge is 0.0485 e. The molecule has 18 heavy (non-hydrogen) atoms. The molecule has 94 valence electrons. The fourth-order valence-electron chi connectivity index (χ4n) is 2.09. The Hall–Kier alpha value is -1.76. The summed E-state index contributed by atoms with van der Waals surface area (Å²) >= 11 is 0. The van der Waals surface area contributed by atoms with Crippen LogP contribution in [0.2, 0.25) is 0 Å². The molecule has 0 aromatic heterocycles. The van der Waals surface area contributed by atoms with Gasteiger partial charge in [0.05, 0.1) is 0 Å². The van der Waals surface area contributed by atoms with Gasteiger partial charge in [0, 0.05) is 11.7 Å². The summed E-state index contributed by atoms with van der Waals surface area (Å²) in [4.78, 5) is 0. The fraction of sp³-hybridized carbons (Fsp3) is 0.294. The molecule has 0 aliphatic heterocycles. The zero-order valence-electron chi connectivity index (χ0n) is 11.6. The van der Waals surface area contributed by atoms with Crippen LogP contribution in [0.5, 0.6) is 0 Å². The molecule has 2 aromatic rings. The van der Waals surface area contributed by atoms with Gasteiger partial charge in [0.2, 0.25) is 0 Å². The second kappa shape index (κ2) is 5.26. The molecule has 0 heterocycles. The van der Waals surface area contributed by atoms with Gasteiger partial charge >= 0.3 is 0 Å². The maximum atomic E-state index is 3.57. The highest BCUT2D eigenvalue weighted by Gasteiger charge is 2.07. The van der Waals surface area contributed by atoms with Crippen molar-refractivity contribution in [3.05, 3.63) is 64.7 Å². The summed E-state index contributed by atoms with van der Waals surface area (Å²) in [6.07, 6.45) is 0. The van der Waals surface area contributed by atoms with Gasteiger partial charge in [0.1, 0.15) is 0 Å². The first kappa shape index (κ1) is 12.7. The molecule has 1 unspecified atom stereocenters. The molecule has 0 saturated heterocycles. The molecular weight excluding hydrogens is 218 g/mol. The Balaban J connectivity index is 2.19. The van der Waals surface area contributed by atoms with Gasteiger partial charge in [0.25, 0.3) is 0 Å². The lowest BCUT2D eigenvalue weighted by atomic mass is 10.0. The van der Waals surface area contributed by atoms with Crippen molar-refractivity contribution in [1.82, 2.24) is 0 Å². The number of benzene rings is 2. The first-order valence-electron chi connectivity index (χ1n) is 6.47. The second-order valence-electron chi connectivity index (χ2n) is 5.02. The summed E-state index contributed by atoms with van der Waals surface area (Å²) in [7, 11) is 0. The molecule has 2 rings (SSSR count). The first-order valence-corrected chi connectivity index (χ1v) is 6.47. The van der Waals surface area contributed by atoms with Gasteiger partial charge < -0.3 is 5.32 Å². The lowest BCUT2D eigenvalue weighted by Crippen LogP contribution is -2.08. The minimum absolute atomic E-state index is 0.324. The zero-order chi connectivity index (χ0) is 13.1. The number of hydrogen-bond acceptors (Lipinski definition) is 1. The predicted molar refractivity (Wildman–Crippen MR) is 79.1 cm³/mol. The third-order valence-corrected chi connectivity index (χ3v) is 3.55. The average molecular weight is 239 g/mol. The van der Waals surface area contributed by atoms with Gasteiger partial charge in [-0.15, -0.1) is 0 Å². The Morgan fingerprint density at radius 3 is 2.22 bits per heavy atom. The van der Waals surface area contributed by atoms with E-state index < -0.39 is 0 Å². The molecule has 0 amide bonds. The lowest BCUT2D eigenvalue weighted by molar-refractivity contribution is 0.879. The van der Waals surface area contributed by atoms with Crippen molar-refractivity contribution < 1.29 is 0 Å². The van der Waals surface area contributed by atoms with Gasteiger partial charge in [0.15, 0.2) is 0 Å². The molecule has 0 aliphatic carbocycles. The van der Waals surface area contributed by atoms with Gasteiger partial charge in [-0.25, -0.2) is 0 Å². The summed E-state index contributed by atoms with van der Waals surface area (Å²) in [5.41, 5.74) is 6.53. The number of nitrogens with one attached hydrogen (secondary N) is 1. The van der Waals surface area contributed by atoms with E-state index >= 15 is 0 Å². The van der Waals surface area contributed by atoms with Crippen molar-refractivity contribution in [2.45, 2.75) is 33.7 Å². The standard InChI is InChI=1S/C17H21N/c1-12-9-10-16(11-14(12)3)15(4)18-17-8-6-5-7-13(17)2/h5-11,15,18H,1-4H3. The van der Waals surface area contributed by atoms with Crippen molar-refractivity contribution in [3.63, 3.8) is 0 Å². The molecule has 0 saturated carbocycles. The molecule has 1 atom stereocenters. The Kier molecular flexibility index (Phi) is 3.71. The normalized spacial score (nSPS) is 12.2. The predicted octanol–water partition coefficient (Wildman–Crippen LogP) is 4.78. The SMILES string of the molecule is Cc1ccc(C(C)Nc2ccccc2C)cc1C. The van der Waals surface area contributed by atoms with E-state index in [2.05, 4.69) is 75.5 Å². The monoisotopic (exact) mass is 239 g/mol. The lowest BCUT2D eigenvalue weighted by Gasteiger charge is -2.18. The van der Waals surface area contributed by atoms with Crippen LogP contribution in [0.3, 0.4) is 0 Å². The third kappa shape index (κ3) is 2.73. The van der Waals surface area contributed by atoms with Crippen LogP contribution in [0, 0.1) is 20.8 Å². The molecule has 0 spiro atoms. The van der Waals surface area contributed by atoms with E-state index in [1.807, 2.05) is 0 Å². The van der Waals surface area contributed by atoms with E-state index in [4.69, 9.17) is 0 Å². The number of hydrogen-bond donors (Lipinski definition) is 1. The van der Waals surface area contributed by atoms with Crippen LogP contribution in [0.25, 0.3) is 0 Å². The maximum Gasteiger partial charge on any atom is 0.0485 e. The molecular formula is C17H21N. The zero-order valence-corrected chi connectivity index (χ0v) is 11.6. The van der Waals surface area contributed by atoms with Crippen molar-refractivity contribution in [2.75, 3.05) is 5.32 Å². The average Bonchev–Trinajstić information content (AvgIpc) is 2.35. The molecule has 1 nitrogen and oxygen atoms in total. The number of para-hydroxylation sites is 1. The van der Waals surface area contributed by atoms with Crippen LogP contribution in [0.15, 0.2) is 42.5 Å². The van der Waals surface area contributed by atoms with Crippen LogP contribution in [0.1, 0.15) is 35.2 Å². The van der Waals surface area contributed by atoms with Crippen LogP contribution in [-0.4, -0.2) is 0 Å². The van der Waals surface area contributed by atoms with Crippen LogP contribution in [0.4, 0.5) is 5.69 Å². The molecule has 0 bridgehead atoms. The van der Waals surface area contributed by atoms with Gasteiger partial charge in [-0.3, -0.25) is 0 Å². The maximum absolute atomic E-state index is 3.57. The molecule has 1 heteroatoms. The Bertz CT molecular complexity index is 543. The Labute approximate surface area is 110 Å². The topological polar surface area (TPSA) is 12.0 Å². The van der Waals surface area contributed by atoms with Crippen molar-refractivity contribution in [1.29, 1.82) is 0 Å². The Morgan fingerprint density at radius 1 is 0.833 bits per heavy atom. The number of rotatable bonds is 3. The summed E-state index contributed by atoms with van der Waals surface area (Å²) in [5, 5.41) is 3.57. The highest BCUT2D eigenvalue weighted by molar-refractivity contribution is 5.52. The highest BCUT2D eigenvalue weighted by atomic mass is 14.9. The molecule has 1 N–H and O–H groups in total. The second-order valence-corrected chi connectivity index (χ2v) is 5.02. The highest BCUT2D eigenvalue weighted by Crippen LogP contribution is 2.23. The fourth-order valence-corrected chi connectivity index (χ4v) is 2.09.